The minimum absolute atomic E-state index is 0.406. The number of rotatable bonds is 16. The van der Waals surface area contributed by atoms with Crippen molar-refractivity contribution in [3.8, 4) is 0 Å². The molecule has 2 fully saturated rings. The average molecular weight is 673 g/mol. The molecule has 48 heavy (non-hydrogen) atoms. The highest BCUT2D eigenvalue weighted by molar-refractivity contribution is 5.24. The zero-order valence-corrected chi connectivity index (χ0v) is 27.3. The van der Waals surface area contributed by atoms with E-state index >= 15 is 0 Å². The van der Waals surface area contributed by atoms with Gasteiger partial charge < -0.3 is 52.8 Å². The smallest absolute Gasteiger partial charge is 0.109 e. The lowest BCUT2D eigenvalue weighted by Crippen LogP contribution is -2.62. The molecule has 0 spiro atoms. The van der Waals surface area contributed by atoms with Crippen LogP contribution < -0.4 is 22.9 Å². The molecule has 2 aliphatic carbocycles. The molecule has 2 aromatic heterocycles. The summed E-state index contributed by atoms with van der Waals surface area (Å²) < 4.78 is 15.2. The van der Waals surface area contributed by atoms with Crippen LogP contribution >= 0.6 is 0 Å². The lowest BCUT2D eigenvalue weighted by atomic mass is 9.85. The third kappa shape index (κ3) is 9.62. The van der Waals surface area contributed by atoms with Crippen molar-refractivity contribution in [3.63, 3.8) is 0 Å². The second-order valence-corrected chi connectivity index (χ2v) is 13.3. The number of aliphatic hydroxyl groups is 4. The number of ether oxygens (including phenoxy) is 2. The summed E-state index contributed by atoms with van der Waals surface area (Å²) in [4.78, 5) is 0. The van der Waals surface area contributed by atoms with Gasteiger partial charge in [-0.05, 0) is 62.5 Å². The van der Waals surface area contributed by atoms with Gasteiger partial charge in [0, 0.05) is 49.8 Å². The summed E-state index contributed by atoms with van der Waals surface area (Å²) in [5.41, 5.74) is 27.8. The van der Waals surface area contributed by atoms with Crippen LogP contribution in [0.2, 0.25) is 0 Å². The van der Waals surface area contributed by atoms with Gasteiger partial charge in [0.2, 0.25) is 0 Å². The van der Waals surface area contributed by atoms with E-state index in [-0.39, 0.29) is 0 Å². The fourth-order valence-electron chi connectivity index (χ4n) is 6.54. The van der Waals surface area contributed by atoms with Crippen molar-refractivity contribution in [2.75, 3.05) is 13.2 Å². The third-order valence-corrected chi connectivity index (χ3v) is 9.31. The number of benzene rings is 1. The van der Waals surface area contributed by atoms with E-state index in [0.717, 1.165) is 61.0 Å². The van der Waals surface area contributed by atoms with Crippen LogP contribution in [-0.4, -0.2) is 124 Å². The van der Waals surface area contributed by atoms with E-state index in [1.807, 2.05) is 27.8 Å². The molecule has 10 atom stereocenters. The highest BCUT2D eigenvalue weighted by Gasteiger charge is 2.42. The fourth-order valence-corrected chi connectivity index (χ4v) is 6.54. The molecule has 0 unspecified atom stereocenters. The van der Waals surface area contributed by atoms with Crippen LogP contribution in [-0.2, 0) is 35.4 Å². The van der Waals surface area contributed by atoms with E-state index in [2.05, 4.69) is 38.8 Å². The lowest BCUT2D eigenvalue weighted by Gasteiger charge is -2.39. The van der Waals surface area contributed by atoms with Crippen molar-refractivity contribution < 1.29 is 29.9 Å². The van der Waals surface area contributed by atoms with Gasteiger partial charge in [0.1, 0.15) is 24.4 Å². The fraction of sp³-hybridized carbons (Fsp3) is 0.688. The topological polar surface area (TPSA) is 265 Å². The lowest BCUT2D eigenvalue weighted by molar-refractivity contribution is -0.127. The van der Waals surface area contributed by atoms with Gasteiger partial charge in [-0.2, -0.15) is 0 Å². The molecule has 2 saturated carbocycles. The maximum atomic E-state index is 10.2. The molecule has 12 N–H and O–H groups in total. The largest absolute Gasteiger partial charge is 0.389 e. The van der Waals surface area contributed by atoms with Crippen molar-refractivity contribution >= 4 is 0 Å². The Morgan fingerprint density at radius 3 is 1.50 bits per heavy atom. The summed E-state index contributed by atoms with van der Waals surface area (Å²) in [5, 5.41) is 57.7. The number of aromatic nitrogens is 6. The zero-order chi connectivity index (χ0) is 34.2. The average Bonchev–Trinajstić information content (AvgIpc) is 3.70. The summed E-state index contributed by atoms with van der Waals surface area (Å²) in [5.74, 6) is 0. The van der Waals surface area contributed by atoms with Gasteiger partial charge in [-0.1, -0.05) is 34.7 Å². The van der Waals surface area contributed by atoms with E-state index in [1.165, 1.54) is 0 Å². The van der Waals surface area contributed by atoms with Crippen LogP contribution in [0.5, 0.6) is 0 Å². The molecule has 0 bridgehead atoms. The SMILES string of the molecule is N[C@@H]1C[C@H](N)[C@@H](OCCCCc2cn(Cc3cccc(Cn4cc(CCCCO[C@H]5[C@H](O)[C@@H](O)[C@H](N)C[C@@H]5N)nn4)c3)nn2)[C@H](O)[C@H]1O. The normalized spacial score (nSPS) is 30.9. The number of unbranched alkanes of at least 4 members (excludes halogenated alkanes) is 2. The molecule has 266 valence electrons. The van der Waals surface area contributed by atoms with Crippen molar-refractivity contribution in [2.45, 2.75) is 125 Å². The number of aliphatic hydroxyl groups excluding tert-OH is 4. The van der Waals surface area contributed by atoms with Crippen molar-refractivity contribution in [2.24, 2.45) is 22.9 Å². The van der Waals surface area contributed by atoms with E-state index in [9.17, 15) is 20.4 Å². The molecular formula is C32H52N10O6. The maximum absolute atomic E-state index is 10.2. The third-order valence-electron chi connectivity index (χ3n) is 9.31. The predicted molar refractivity (Wildman–Crippen MR) is 175 cm³/mol. The molecular weight excluding hydrogens is 620 g/mol. The summed E-state index contributed by atoms with van der Waals surface area (Å²) in [6.45, 7) is 2.02. The van der Waals surface area contributed by atoms with Gasteiger partial charge in [0.05, 0.1) is 36.7 Å². The first-order valence-corrected chi connectivity index (χ1v) is 16.9. The van der Waals surface area contributed by atoms with Gasteiger partial charge >= 0.3 is 0 Å². The Morgan fingerprint density at radius 1 is 0.625 bits per heavy atom. The van der Waals surface area contributed by atoms with E-state index in [4.69, 9.17) is 32.4 Å². The first-order chi connectivity index (χ1) is 23.1. The first kappa shape index (κ1) is 36.4. The highest BCUT2D eigenvalue weighted by atomic mass is 16.5. The molecule has 0 aliphatic heterocycles. The molecule has 16 heteroatoms. The summed E-state index contributed by atoms with van der Waals surface area (Å²) in [6.07, 6.45) is 3.91. The molecule has 0 radical (unpaired) electrons. The minimum atomic E-state index is -1.08. The second kappa shape index (κ2) is 17.2. The molecule has 16 nitrogen and oxygen atoms in total. The quantitative estimate of drug-likeness (QED) is 0.0761. The molecule has 3 aromatic rings. The van der Waals surface area contributed by atoms with Crippen LogP contribution in [0.1, 0.15) is 61.0 Å². The Balaban J connectivity index is 0.992. The van der Waals surface area contributed by atoms with Crippen LogP contribution in [0.3, 0.4) is 0 Å². The molecule has 1 aromatic carbocycles. The Morgan fingerprint density at radius 2 is 1.06 bits per heavy atom. The standard InChI is InChI=1S/C32H52N10O6/c33-23-13-25(35)31(29(45)27(23)43)47-10-3-1-8-21-17-41(39-37-21)15-19-6-5-7-20(12-19)16-42-18-22(38-40-42)9-2-4-11-48-32-26(36)14-24(34)28(44)30(32)46/h5-7,12,17-18,23-32,43-46H,1-4,8-11,13-16,33-36H2/t23-,24-,25+,26+,27+,28+,29-,30-,31-,32-/m1/s1. The van der Waals surface area contributed by atoms with Crippen LogP contribution in [0, 0.1) is 0 Å². The monoisotopic (exact) mass is 672 g/mol. The number of aryl methyl sites for hydroxylation is 2. The van der Waals surface area contributed by atoms with Gasteiger partial charge in [0.25, 0.3) is 0 Å². The Labute approximate surface area is 280 Å². The Kier molecular flexibility index (Phi) is 13.0. The summed E-state index contributed by atoms with van der Waals surface area (Å²) in [7, 11) is 0. The predicted octanol–water partition coefficient (Wildman–Crippen LogP) is -2.06. The molecule has 2 heterocycles. The zero-order valence-electron chi connectivity index (χ0n) is 27.3. The summed E-state index contributed by atoms with van der Waals surface area (Å²) >= 11 is 0. The number of hydrogen-bond donors (Lipinski definition) is 8. The van der Waals surface area contributed by atoms with Crippen molar-refractivity contribution in [1.82, 2.24) is 30.0 Å². The van der Waals surface area contributed by atoms with Gasteiger partial charge in [-0.3, -0.25) is 0 Å². The number of nitrogens with two attached hydrogens (primary N) is 4. The van der Waals surface area contributed by atoms with E-state index in [0.29, 0.717) is 39.1 Å². The first-order valence-electron chi connectivity index (χ1n) is 16.9. The second-order valence-electron chi connectivity index (χ2n) is 13.3. The van der Waals surface area contributed by atoms with Gasteiger partial charge in [-0.15, -0.1) is 10.2 Å². The number of nitrogens with zero attached hydrogens (tertiary/aromatic N) is 6. The number of hydrogen-bond acceptors (Lipinski definition) is 14. The van der Waals surface area contributed by atoms with Crippen molar-refractivity contribution in [1.29, 1.82) is 0 Å². The van der Waals surface area contributed by atoms with Crippen LogP contribution in [0.25, 0.3) is 0 Å². The Bertz CT molecular complexity index is 1310. The van der Waals surface area contributed by atoms with Gasteiger partial charge in [0.15, 0.2) is 0 Å². The molecule has 0 amide bonds. The van der Waals surface area contributed by atoms with E-state index in [1.54, 1.807) is 0 Å². The Hall–Kier alpha value is -2.90. The van der Waals surface area contributed by atoms with Crippen LogP contribution in [0.4, 0.5) is 0 Å². The minimum Gasteiger partial charge on any atom is -0.389 e. The summed E-state index contributed by atoms with van der Waals surface area (Å²) in [6, 6.07) is 6.36. The van der Waals surface area contributed by atoms with E-state index < -0.39 is 60.8 Å². The van der Waals surface area contributed by atoms with Gasteiger partial charge in [-0.25, -0.2) is 9.36 Å². The van der Waals surface area contributed by atoms with Crippen molar-refractivity contribution in [3.05, 3.63) is 59.2 Å². The highest BCUT2D eigenvalue weighted by Crippen LogP contribution is 2.22. The molecule has 0 saturated heterocycles. The molecule has 2 aliphatic rings. The molecule has 5 rings (SSSR count). The maximum Gasteiger partial charge on any atom is 0.109 e. The van der Waals surface area contributed by atoms with Crippen LogP contribution in [0.15, 0.2) is 36.7 Å².